The molecule has 4 nitrogen and oxygen atoms in total. The molecular formula is C9H9NO3. The second-order valence-electron chi connectivity index (χ2n) is 3.03. The van der Waals surface area contributed by atoms with Crippen molar-refractivity contribution in [3.05, 3.63) is 29.3 Å². The Morgan fingerprint density at radius 2 is 2.15 bits per heavy atom. The summed E-state index contributed by atoms with van der Waals surface area (Å²) < 4.78 is 0. The Bertz CT molecular complexity index is 375. The Hall–Kier alpha value is -1.55. The monoisotopic (exact) mass is 179 g/mol. The van der Waals surface area contributed by atoms with E-state index in [-0.39, 0.29) is 17.2 Å². The molecule has 0 fully saturated rings. The van der Waals surface area contributed by atoms with Gasteiger partial charge in [0.15, 0.2) is 6.23 Å². The van der Waals surface area contributed by atoms with E-state index in [1.165, 1.54) is 18.0 Å². The molecule has 13 heavy (non-hydrogen) atoms. The summed E-state index contributed by atoms with van der Waals surface area (Å²) in [6.07, 6.45) is -0.936. The maximum atomic E-state index is 11.4. The molecule has 0 radical (unpaired) electrons. The van der Waals surface area contributed by atoms with Gasteiger partial charge in [-0.3, -0.25) is 4.79 Å². The van der Waals surface area contributed by atoms with E-state index in [4.69, 9.17) is 0 Å². The van der Waals surface area contributed by atoms with Gasteiger partial charge in [-0.2, -0.15) is 0 Å². The molecule has 1 heterocycles. The Kier molecular flexibility index (Phi) is 1.53. The van der Waals surface area contributed by atoms with Crippen molar-refractivity contribution in [3.8, 4) is 5.75 Å². The largest absolute Gasteiger partial charge is 0.507 e. The number of aromatic hydroxyl groups is 1. The van der Waals surface area contributed by atoms with Gasteiger partial charge in [0, 0.05) is 12.6 Å². The molecule has 4 heteroatoms. The first kappa shape index (κ1) is 8.07. The fourth-order valence-corrected chi connectivity index (χ4v) is 1.50. The predicted octanol–water partition coefficient (Wildman–Crippen LogP) is 0.469. The van der Waals surface area contributed by atoms with Gasteiger partial charge in [-0.1, -0.05) is 12.1 Å². The van der Waals surface area contributed by atoms with Crippen LogP contribution in [0.25, 0.3) is 0 Å². The molecule has 0 saturated carbocycles. The minimum absolute atomic E-state index is 0.0779. The molecule has 0 aromatic heterocycles. The number of fused-ring (bicyclic) bond motifs is 1. The highest BCUT2D eigenvalue weighted by Gasteiger charge is 2.34. The fraction of sp³-hybridized carbons (Fsp3) is 0.222. The Balaban J connectivity index is 2.66. The number of phenolic OH excluding ortho intramolecular Hbond substituents is 1. The maximum Gasteiger partial charge on any atom is 0.260 e. The molecule has 1 aromatic rings. The SMILES string of the molecule is CN1C(=O)c2c(O)cccc2C1O. The number of hydrogen-bond donors (Lipinski definition) is 2. The van der Waals surface area contributed by atoms with Crippen LogP contribution in [0.15, 0.2) is 18.2 Å². The third kappa shape index (κ3) is 0.922. The van der Waals surface area contributed by atoms with E-state index in [1.54, 1.807) is 12.1 Å². The van der Waals surface area contributed by atoms with Crippen LogP contribution in [0.4, 0.5) is 0 Å². The van der Waals surface area contributed by atoms with Gasteiger partial charge in [0.2, 0.25) is 0 Å². The highest BCUT2D eigenvalue weighted by molar-refractivity contribution is 6.01. The summed E-state index contributed by atoms with van der Waals surface area (Å²) in [7, 11) is 1.49. The van der Waals surface area contributed by atoms with Crippen LogP contribution < -0.4 is 0 Å². The number of carbonyl (C=O) groups excluding carboxylic acids is 1. The summed E-state index contributed by atoms with van der Waals surface area (Å²) in [5, 5.41) is 18.9. The normalized spacial score (nSPS) is 20.6. The Morgan fingerprint density at radius 3 is 2.77 bits per heavy atom. The van der Waals surface area contributed by atoms with Crippen molar-refractivity contribution in [1.82, 2.24) is 4.90 Å². The first-order valence-electron chi connectivity index (χ1n) is 3.90. The van der Waals surface area contributed by atoms with Gasteiger partial charge < -0.3 is 15.1 Å². The van der Waals surface area contributed by atoms with Gasteiger partial charge in [-0.05, 0) is 6.07 Å². The molecule has 1 atom stereocenters. The zero-order valence-electron chi connectivity index (χ0n) is 7.06. The average molecular weight is 179 g/mol. The molecule has 0 saturated heterocycles. The summed E-state index contributed by atoms with van der Waals surface area (Å²) in [4.78, 5) is 12.6. The molecule has 0 aliphatic carbocycles. The third-order valence-corrected chi connectivity index (χ3v) is 2.25. The lowest BCUT2D eigenvalue weighted by atomic mass is 10.1. The molecule has 0 bridgehead atoms. The summed E-state index contributed by atoms with van der Waals surface area (Å²) in [6.45, 7) is 0. The van der Waals surface area contributed by atoms with Gasteiger partial charge in [-0.15, -0.1) is 0 Å². The fourth-order valence-electron chi connectivity index (χ4n) is 1.50. The van der Waals surface area contributed by atoms with Crippen LogP contribution in [0.5, 0.6) is 5.75 Å². The summed E-state index contributed by atoms with van der Waals surface area (Å²) in [5.74, 6) is -0.425. The summed E-state index contributed by atoms with van der Waals surface area (Å²) >= 11 is 0. The smallest absolute Gasteiger partial charge is 0.260 e. The van der Waals surface area contributed by atoms with Crippen LogP contribution in [0.2, 0.25) is 0 Å². The molecule has 1 aliphatic heterocycles. The lowest BCUT2D eigenvalue weighted by Gasteiger charge is -2.13. The van der Waals surface area contributed by atoms with E-state index in [2.05, 4.69) is 0 Å². The quantitative estimate of drug-likeness (QED) is 0.608. The molecule has 2 rings (SSSR count). The number of rotatable bonds is 0. The number of benzene rings is 1. The number of aliphatic hydroxyl groups is 1. The van der Waals surface area contributed by atoms with Crippen LogP contribution >= 0.6 is 0 Å². The van der Waals surface area contributed by atoms with Gasteiger partial charge in [0.05, 0.1) is 5.56 Å². The number of phenols is 1. The molecule has 2 N–H and O–H groups in total. The van der Waals surface area contributed by atoms with Crippen LogP contribution in [-0.2, 0) is 0 Å². The van der Waals surface area contributed by atoms with E-state index in [0.29, 0.717) is 5.56 Å². The minimum atomic E-state index is -0.936. The van der Waals surface area contributed by atoms with E-state index in [9.17, 15) is 15.0 Å². The van der Waals surface area contributed by atoms with Crippen LogP contribution in [0, 0.1) is 0 Å². The van der Waals surface area contributed by atoms with Crippen molar-refractivity contribution >= 4 is 5.91 Å². The van der Waals surface area contributed by atoms with Crippen LogP contribution in [-0.4, -0.2) is 28.1 Å². The van der Waals surface area contributed by atoms with Crippen molar-refractivity contribution in [3.63, 3.8) is 0 Å². The van der Waals surface area contributed by atoms with Gasteiger partial charge in [-0.25, -0.2) is 0 Å². The number of amides is 1. The van der Waals surface area contributed by atoms with Gasteiger partial charge in [0.25, 0.3) is 5.91 Å². The zero-order valence-corrected chi connectivity index (χ0v) is 7.06. The summed E-state index contributed by atoms with van der Waals surface area (Å²) in [6, 6.07) is 4.66. The van der Waals surface area contributed by atoms with Crippen LogP contribution in [0.3, 0.4) is 0 Å². The first-order chi connectivity index (χ1) is 6.13. The lowest BCUT2D eigenvalue weighted by Crippen LogP contribution is -2.22. The second kappa shape index (κ2) is 2.47. The molecule has 1 aliphatic rings. The molecular weight excluding hydrogens is 170 g/mol. The van der Waals surface area contributed by atoms with Crippen molar-refractivity contribution < 1.29 is 15.0 Å². The Morgan fingerprint density at radius 1 is 1.46 bits per heavy atom. The number of carbonyl (C=O) groups is 1. The van der Waals surface area contributed by atoms with E-state index in [0.717, 1.165) is 0 Å². The first-order valence-corrected chi connectivity index (χ1v) is 3.90. The molecule has 1 unspecified atom stereocenters. The number of nitrogens with zero attached hydrogens (tertiary/aromatic N) is 1. The highest BCUT2D eigenvalue weighted by Crippen LogP contribution is 2.35. The van der Waals surface area contributed by atoms with E-state index in [1.807, 2.05) is 0 Å². The standard InChI is InChI=1S/C9H9NO3/c1-10-8(12)5-3-2-4-6(11)7(5)9(10)13/h2-4,8,11-12H,1H3. The molecule has 0 spiro atoms. The number of hydrogen-bond acceptors (Lipinski definition) is 3. The molecule has 1 aromatic carbocycles. The summed E-state index contributed by atoms with van der Waals surface area (Å²) in [5.41, 5.74) is 0.671. The zero-order chi connectivity index (χ0) is 9.59. The molecule has 68 valence electrons. The highest BCUT2D eigenvalue weighted by atomic mass is 16.3. The average Bonchev–Trinajstić information content (AvgIpc) is 2.33. The Labute approximate surface area is 75.0 Å². The van der Waals surface area contributed by atoms with Gasteiger partial charge in [0.1, 0.15) is 5.75 Å². The van der Waals surface area contributed by atoms with Crippen molar-refractivity contribution in [1.29, 1.82) is 0 Å². The van der Waals surface area contributed by atoms with Crippen molar-refractivity contribution in [2.45, 2.75) is 6.23 Å². The van der Waals surface area contributed by atoms with E-state index < -0.39 is 6.23 Å². The second-order valence-corrected chi connectivity index (χ2v) is 3.03. The maximum absolute atomic E-state index is 11.4. The van der Waals surface area contributed by atoms with E-state index >= 15 is 0 Å². The van der Waals surface area contributed by atoms with Crippen molar-refractivity contribution in [2.24, 2.45) is 0 Å². The topological polar surface area (TPSA) is 60.8 Å². The van der Waals surface area contributed by atoms with Crippen LogP contribution in [0.1, 0.15) is 22.1 Å². The molecule has 1 amide bonds. The third-order valence-electron chi connectivity index (χ3n) is 2.25. The van der Waals surface area contributed by atoms with Gasteiger partial charge >= 0.3 is 0 Å². The lowest BCUT2D eigenvalue weighted by molar-refractivity contribution is 0.0301. The predicted molar refractivity (Wildman–Crippen MR) is 45.2 cm³/mol. The van der Waals surface area contributed by atoms with Crippen molar-refractivity contribution in [2.75, 3.05) is 7.05 Å². The number of aliphatic hydroxyl groups excluding tert-OH is 1. The minimum Gasteiger partial charge on any atom is -0.507 e.